The monoisotopic (exact) mass is 290 g/mol. The van der Waals surface area contributed by atoms with Crippen LogP contribution < -0.4 is 0 Å². The lowest BCUT2D eigenvalue weighted by molar-refractivity contribution is 0.630. The number of hydrogen-bond donors (Lipinski definition) is 0. The van der Waals surface area contributed by atoms with Gasteiger partial charge in [0.2, 0.25) is 0 Å². The summed E-state index contributed by atoms with van der Waals surface area (Å²) in [6.07, 6.45) is 14.0. The molecule has 0 N–H and O–H groups in total. The van der Waals surface area contributed by atoms with Crippen LogP contribution in [-0.4, -0.2) is 10.5 Å². The summed E-state index contributed by atoms with van der Waals surface area (Å²) in [5, 5.41) is 1.68. The van der Waals surface area contributed by atoms with Crippen LogP contribution in [0.2, 0.25) is 0 Å². The third-order valence-electron chi connectivity index (χ3n) is 3.31. The van der Waals surface area contributed by atoms with Crippen molar-refractivity contribution in [3.8, 4) is 0 Å². The molecule has 0 amide bonds. The van der Waals surface area contributed by atoms with Crippen molar-refractivity contribution >= 4 is 21.6 Å². The molecule has 0 aromatic heterocycles. The molecule has 0 nitrogen and oxygen atoms in total. The normalized spacial score (nSPS) is 14.7. The van der Waals surface area contributed by atoms with Crippen LogP contribution in [-0.2, 0) is 0 Å². The first-order chi connectivity index (χ1) is 8.70. The van der Waals surface area contributed by atoms with Gasteiger partial charge in [-0.2, -0.15) is 0 Å². The molecule has 0 heterocycles. The molecule has 2 heteroatoms. The summed E-state index contributed by atoms with van der Waals surface area (Å²) in [7, 11) is 4.25. The second kappa shape index (κ2) is 14.1. The third kappa shape index (κ3) is 13.1. The van der Waals surface area contributed by atoms with Gasteiger partial charge < -0.3 is 0 Å². The molecule has 0 bridgehead atoms. The first-order valence-electron chi connectivity index (χ1n) is 8.02. The molecule has 0 unspecified atom stereocenters. The van der Waals surface area contributed by atoms with Gasteiger partial charge in [-0.15, -0.1) is 0 Å². The van der Waals surface area contributed by atoms with Crippen molar-refractivity contribution in [2.75, 3.05) is 0 Å². The molecule has 0 aliphatic heterocycles. The van der Waals surface area contributed by atoms with E-state index in [-0.39, 0.29) is 0 Å². The lowest BCUT2D eigenvalue weighted by Gasteiger charge is -2.14. The predicted molar refractivity (Wildman–Crippen MR) is 91.6 cm³/mol. The average molecular weight is 291 g/mol. The molecule has 0 saturated carbocycles. The van der Waals surface area contributed by atoms with Crippen LogP contribution in [0.3, 0.4) is 0 Å². The SMILES string of the molecule is CCCCCC[C@@H](C)SS[C@H](C)CCCCCC. The van der Waals surface area contributed by atoms with E-state index in [2.05, 4.69) is 49.3 Å². The van der Waals surface area contributed by atoms with Gasteiger partial charge in [0, 0.05) is 10.5 Å². The van der Waals surface area contributed by atoms with E-state index in [0.29, 0.717) is 0 Å². The lowest BCUT2D eigenvalue weighted by Crippen LogP contribution is -1.98. The number of rotatable bonds is 13. The molecule has 0 spiro atoms. The summed E-state index contributed by atoms with van der Waals surface area (Å²) in [5.74, 6) is 0. The second-order valence-electron chi connectivity index (χ2n) is 5.51. The highest BCUT2D eigenvalue weighted by molar-refractivity contribution is 8.77. The zero-order valence-electron chi connectivity index (χ0n) is 13.0. The summed E-state index contributed by atoms with van der Waals surface area (Å²) in [6, 6.07) is 0. The van der Waals surface area contributed by atoms with Crippen molar-refractivity contribution < 1.29 is 0 Å². The Morgan fingerprint density at radius 1 is 0.611 bits per heavy atom. The summed E-state index contributed by atoms with van der Waals surface area (Å²) in [4.78, 5) is 0. The first kappa shape index (κ1) is 18.7. The molecule has 0 aromatic rings. The van der Waals surface area contributed by atoms with Crippen LogP contribution in [0.4, 0.5) is 0 Å². The number of unbranched alkanes of at least 4 members (excludes halogenated alkanes) is 6. The maximum atomic E-state index is 2.40. The van der Waals surface area contributed by atoms with Crippen molar-refractivity contribution in [1.29, 1.82) is 0 Å². The Labute approximate surface area is 124 Å². The maximum Gasteiger partial charge on any atom is 0.0123 e. The Kier molecular flexibility index (Phi) is 14.7. The fourth-order valence-corrected chi connectivity index (χ4v) is 4.62. The highest BCUT2D eigenvalue weighted by atomic mass is 33.1. The largest absolute Gasteiger partial charge is 0.0907 e. The fraction of sp³-hybridized carbons (Fsp3) is 1.00. The second-order valence-corrected chi connectivity index (χ2v) is 8.66. The van der Waals surface area contributed by atoms with Crippen LogP contribution in [0.5, 0.6) is 0 Å². The predicted octanol–water partition coefficient (Wildman–Crippen LogP) is 7.09. The molecule has 0 aliphatic rings. The zero-order valence-corrected chi connectivity index (χ0v) is 14.7. The molecular formula is C16H34S2. The van der Waals surface area contributed by atoms with Crippen molar-refractivity contribution in [3.63, 3.8) is 0 Å². The van der Waals surface area contributed by atoms with E-state index in [0.717, 1.165) is 10.5 Å². The smallest absolute Gasteiger partial charge is 0.0123 e. The van der Waals surface area contributed by atoms with Gasteiger partial charge >= 0.3 is 0 Å². The van der Waals surface area contributed by atoms with Crippen LogP contribution in [0, 0.1) is 0 Å². The molecule has 0 fully saturated rings. The van der Waals surface area contributed by atoms with Gasteiger partial charge in [-0.1, -0.05) is 101 Å². The van der Waals surface area contributed by atoms with Crippen molar-refractivity contribution in [1.82, 2.24) is 0 Å². The molecule has 0 aliphatic carbocycles. The van der Waals surface area contributed by atoms with Crippen LogP contribution in [0.15, 0.2) is 0 Å². The average Bonchev–Trinajstić information content (AvgIpc) is 2.37. The Morgan fingerprint density at radius 2 is 1.00 bits per heavy atom. The maximum absolute atomic E-state index is 2.40. The summed E-state index contributed by atoms with van der Waals surface area (Å²) in [6.45, 7) is 9.36. The summed E-state index contributed by atoms with van der Waals surface area (Å²) < 4.78 is 0. The minimum atomic E-state index is 0.838. The van der Waals surface area contributed by atoms with E-state index < -0.39 is 0 Å². The van der Waals surface area contributed by atoms with Crippen molar-refractivity contribution in [2.45, 2.75) is 102 Å². The topological polar surface area (TPSA) is 0 Å². The van der Waals surface area contributed by atoms with Gasteiger partial charge in [0.05, 0.1) is 0 Å². The van der Waals surface area contributed by atoms with Crippen molar-refractivity contribution in [3.05, 3.63) is 0 Å². The van der Waals surface area contributed by atoms with Gasteiger partial charge in [-0.05, 0) is 12.8 Å². The highest BCUT2D eigenvalue weighted by Crippen LogP contribution is 2.35. The minimum Gasteiger partial charge on any atom is -0.0907 e. The molecule has 18 heavy (non-hydrogen) atoms. The Morgan fingerprint density at radius 3 is 1.33 bits per heavy atom. The van der Waals surface area contributed by atoms with E-state index in [4.69, 9.17) is 0 Å². The number of hydrogen-bond acceptors (Lipinski definition) is 2. The van der Waals surface area contributed by atoms with Crippen LogP contribution in [0.1, 0.15) is 91.9 Å². The molecule has 0 aromatic carbocycles. The molecule has 0 rings (SSSR count). The summed E-state index contributed by atoms with van der Waals surface area (Å²) in [5.41, 5.74) is 0. The lowest BCUT2D eigenvalue weighted by atomic mass is 10.1. The van der Waals surface area contributed by atoms with Gasteiger partial charge in [0.15, 0.2) is 0 Å². The van der Waals surface area contributed by atoms with Gasteiger partial charge in [0.1, 0.15) is 0 Å². The van der Waals surface area contributed by atoms with E-state index >= 15 is 0 Å². The van der Waals surface area contributed by atoms with Crippen LogP contribution >= 0.6 is 21.6 Å². The minimum absolute atomic E-state index is 0.838. The van der Waals surface area contributed by atoms with Gasteiger partial charge in [0.25, 0.3) is 0 Å². The fourth-order valence-electron chi connectivity index (χ4n) is 2.00. The van der Waals surface area contributed by atoms with E-state index in [1.807, 2.05) is 0 Å². The molecular weight excluding hydrogens is 256 g/mol. The molecule has 0 radical (unpaired) electrons. The Hall–Kier alpha value is 0.700. The van der Waals surface area contributed by atoms with Gasteiger partial charge in [-0.3, -0.25) is 0 Å². The van der Waals surface area contributed by atoms with Crippen molar-refractivity contribution in [2.24, 2.45) is 0 Å². The Bertz CT molecular complexity index is 141. The van der Waals surface area contributed by atoms with E-state index in [9.17, 15) is 0 Å². The highest BCUT2D eigenvalue weighted by Gasteiger charge is 2.07. The Balaban J connectivity index is 3.32. The molecule has 0 saturated heterocycles. The molecule has 2 atom stereocenters. The quantitative estimate of drug-likeness (QED) is 0.262. The third-order valence-corrected chi connectivity index (χ3v) is 6.86. The standard InChI is InChI=1S/C16H34S2/c1-5-7-9-11-13-15(3)17-18-16(4)14-12-10-8-6-2/h15-16H,5-14H2,1-4H3/t15-,16-/m1/s1. The van der Waals surface area contributed by atoms with Gasteiger partial charge in [-0.25, -0.2) is 0 Å². The van der Waals surface area contributed by atoms with Crippen LogP contribution in [0.25, 0.3) is 0 Å². The first-order valence-corrected chi connectivity index (χ1v) is 10.3. The molecule has 110 valence electrons. The zero-order chi connectivity index (χ0) is 13.6. The van der Waals surface area contributed by atoms with E-state index in [1.54, 1.807) is 0 Å². The van der Waals surface area contributed by atoms with E-state index in [1.165, 1.54) is 64.2 Å². The summed E-state index contributed by atoms with van der Waals surface area (Å²) >= 11 is 0.